The van der Waals surface area contributed by atoms with Gasteiger partial charge in [-0.05, 0) is 19.1 Å². The number of hydrogen-bond acceptors (Lipinski definition) is 4. The van der Waals surface area contributed by atoms with Crippen LogP contribution in [0.4, 0.5) is 0 Å². The summed E-state index contributed by atoms with van der Waals surface area (Å²) in [6.07, 6.45) is 4.66. The van der Waals surface area contributed by atoms with Crippen molar-refractivity contribution in [1.82, 2.24) is 14.8 Å². The maximum atomic E-state index is 11.1. The predicted octanol–water partition coefficient (Wildman–Crippen LogP) is 2.72. The highest BCUT2D eigenvalue weighted by Crippen LogP contribution is 2.18. The Balaban J connectivity index is 2.01. The summed E-state index contributed by atoms with van der Waals surface area (Å²) in [5, 5.41) is 4.95. The molecule has 5 nitrogen and oxygen atoms in total. The van der Waals surface area contributed by atoms with Crippen LogP contribution in [0.5, 0.6) is 0 Å². The topological polar surface area (TPSA) is 57.0 Å². The van der Waals surface area contributed by atoms with E-state index in [4.69, 9.17) is 16.3 Å². The first-order chi connectivity index (χ1) is 9.69. The van der Waals surface area contributed by atoms with Crippen LogP contribution >= 0.6 is 11.6 Å². The SMILES string of the molecule is CCOC(=O)C=CCn1cnc(-c2cccc(Cl)c2)n1. The Morgan fingerprint density at radius 1 is 1.50 bits per heavy atom. The highest BCUT2D eigenvalue weighted by molar-refractivity contribution is 6.30. The van der Waals surface area contributed by atoms with E-state index in [1.807, 2.05) is 12.1 Å². The zero-order chi connectivity index (χ0) is 14.4. The summed E-state index contributed by atoms with van der Waals surface area (Å²) in [6.45, 7) is 2.58. The van der Waals surface area contributed by atoms with Gasteiger partial charge >= 0.3 is 5.97 Å². The Kier molecular flexibility index (Phi) is 4.90. The Hall–Kier alpha value is -2.14. The van der Waals surface area contributed by atoms with E-state index in [1.54, 1.807) is 36.1 Å². The summed E-state index contributed by atoms with van der Waals surface area (Å²) in [6, 6.07) is 7.33. The quantitative estimate of drug-likeness (QED) is 0.628. The molecule has 2 aromatic rings. The molecule has 104 valence electrons. The monoisotopic (exact) mass is 291 g/mol. The average Bonchev–Trinajstić information content (AvgIpc) is 2.88. The normalized spacial score (nSPS) is 10.9. The summed E-state index contributed by atoms with van der Waals surface area (Å²) < 4.78 is 6.41. The molecule has 0 unspecified atom stereocenters. The van der Waals surface area contributed by atoms with Crippen molar-refractivity contribution < 1.29 is 9.53 Å². The molecule has 0 amide bonds. The summed E-state index contributed by atoms with van der Waals surface area (Å²) >= 11 is 5.92. The lowest BCUT2D eigenvalue weighted by atomic mass is 10.2. The van der Waals surface area contributed by atoms with E-state index >= 15 is 0 Å². The number of allylic oxidation sites excluding steroid dienone is 1. The van der Waals surface area contributed by atoms with Crippen molar-refractivity contribution in [3.8, 4) is 11.4 Å². The molecule has 2 rings (SSSR count). The lowest BCUT2D eigenvalue weighted by Gasteiger charge is -1.97. The molecule has 0 radical (unpaired) electrons. The van der Waals surface area contributed by atoms with Gasteiger partial charge in [0.25, 0.3) is 0 Å². The van der Waals surface area contributed by atoms with E-state index in [9.17, 15) is 4.79 Å². The Morgan fingerprint density at radius 2 is 2.35 bits per heavy atom. The summed E-state index contributed by atoms with van der Waals surface area (Å²) in [5.41, 5.74) is 0.852. The van der Waals surface area contributed by atoms with Crippen molar-refractivity contribution in [2.75, 3.05) is 6.61 Å². The van der Waals surface area contributed by atoms with Gasteiger partial charge in [-0.15, -0.1) is 0 Å². The van der Waals surface area contributed by atoms with Crippen LogP contribution in [0.3, 0.4) is 0 Å². The minimum absolute atomic E-state index is 0.359. The van der Waals surface area contributed by atoms with Crippen molar-refractivity contribution in [3.05, 3.63) is 47.8 Å². The number of hydrogen-bond donors (Lipinski definition) is 0. The fourth-order valence-corrected chi connectivity index (χ4v) is 1.78. The van der Waals surface area contributed by atoms with E-state index in [0.29, 0.717) is 24.0 Å². The molecule has 0 spiro atoms. The fraction of sp³-hybridized carbons (Fsp3) is 0.214. The van der Waals surface area contributed by atoms with Gasteiger partial charge in [0.05, 0.1) is 13.2 Å². The first kappa shape index (κ1) is 14.3. The summed E-state index contributed by atoms with van der Waals surface area (Å²) in [5.74, 6) is 0.236. The third kappa shape index (κ3) is 3.93. The maximum Gasteiger partial charge on any atom is 0.330 e. The second-order valence-electron chi connectivity index (χ2n) is 3.95. The van der Waals surface area contributed by atoms with Gasteiger partial charge in [-0.1, -0.05) is 29.8 Å². The summed E-state index contributed by atoms with van der Waals surface area (Å²) in [4.78, 5) is 15.3. The molecule has 0 atom stereocenters. The molecule has 1 aromatic carbocycles. The lowest BCUT2D eigenvalue weighted by Crippen LogP contribution is -2.01. The second-order valence-corrected chi connectivity index (χ2v) is 4.39. The number of nitrogens with zero attached hydrogens (tertiary/aromatic N) is 3. The van der Waals surface area contributed by atoms with Crippen molar-refractivity contribution in [2.24, 2.45) is 0 Å². The molecular formula is C14H14ClN3O2. The molecule has 0 saturated carbocycles. The largest absolute Gasteiger partial charge is 0.463 e. The Labute approximate surface area is 121 Å². The Morgan fingerprint density at radius 3 is 3.10 bits per heavy atom. The van der Waals surface area contributed by atoms with Gasteiger partial charge in [-0.3, -0.25) is 0 Å². The minimum atomic E-state index is -0.359. The molecule has 1 aromatic heterocycles. The number of rotatable bonds is 5. The van der Waals surface area contributed by atoms with E-state index < -0.39 is 0 Å². The fourth-order valence-electron chi connectivity index (χ4n) is 1.59. The molecule has 6 heteroatoms. The van der Waals surface area contributed by atoms with Crippen molar-refractivity contribution >= 4 is 17.6 Å². The molecule has 0 aliphatic rings. The lowest BCUT2D eigenvalue weighted by molar-refractivity contribution is -0.137. The maximum absolute atomic E-state index is 11.1. The molecule has 20 heavy (non-hydrogen) atoms. The number of aromatic nitrogens is 3. The van der Waals surface area contributed by atoms with Crippen LogP contribution in [-0.2, 0) is 16.1 Å². The van der Waals surface area contributed by atoms with Crippen LogP contribution in [0.2, 0.25) is 5.02 Å². The zero-order valence-electron chi connectivity index (χ0n) is 11.0. The van der Waals surface area contributed by atoms with Crippen LogP contribution in [-0.4, -0.2) is 27.3 Å². The molecule has 1 heterocycles. The molecule has 0 N–H and O–H groups in total. The molecular weight excluding hydrogens is 278 g/mol. The number of halogens is 1. The highest BCUT2D eigenvalue weighted by atomic mass is 35.5. The molecule has 0 aliphatic carbocycles. The number of esters is 1. The first-order valence-electron chi connectivity index (χ1n) is 6.17. The number of carbonyl (C=O) groups is 1. The predicted molar refractivity (Wildman–Crippen MR) is 76.2 cm³/mol. The van der Waals surface area contributed by atoms with Gasteiger partial charge in [0.2, 0.25) is 0 Å². The molecule has 0 fully saturated rings. The van der Waals surface area contributed by atoms with E-state index in [1.165, 1.54) is 6.08 Å². The smallest absolute Gasteiger partial charge is 0.330 e. The number of ether oxygens (including phenoxy) is 1. The Bertz CT molecular complexity index is 622. The van der Waals surface area contributed by atoms with Gasteiger partial charge in [0.1, 0.15) is 6.33 Å². The van der Waals surface area contributed by atoms with Gasteiger partial charge in [0.15, 0.2) is 5.82 Å². The molecule has 0 aliphatic heterocycles. The molecule has 0 saturated heterocycles. The van der Waals surface area contributed by atoms with Crippen LogP contribution in [0, 0.1) is 0 Å². The molecule has 0 bridgehead atoms. The first-order valence-corrected chi connectivity index (χ1v) is 6.55. The third-order valence-corrected chi connectivity index (χ3v) is 2.69. The van der Waals surface area contributed by atoms with Crippen molar-refractivity contribution in [1.29, 1.82) is 0 Å². The second kappa shape index (κ2) is 6.86. The van der Waals surface area contributed by atoms with Crippen molar-refractivity contribution in [2.45, 2.75) is 13.5 Å². The standard InChI is InChI=1S/C14H14ClN3O2/c1-2-20-13(19)7-4-8-18-10-16-14(17-18)11-5-3-6-12(15)9-11/h3-7,9-10H,2,8H2,1H3. The highest BCUT2D eigenvalue weighted by Gasteiger charge is 2.04. The van der Waals surface area contributed by atoms with Gasteiger partial charge in [-0.2, -0.15) is 5.10 Å². The van der Waals surface area contributed by atoms with Gasteiger partial charge < -0.3 is 4.74 Å². The third-order valence-electron chi connectivity index (χ3n) is 2.45. The van der Waals surface area contributed by atoms with E-state index in [2.05, 4.69) is 10.1 Å². The van der Waals surface area contributed by atoms with E-state index in [0.717, 1.165) is 5.56 Å². The van der Waals surface area contributed by atoms with Crippen molar-refractivity contribution in [3.63, 3.8) is 0 Å². The average molecular weight is 292 g/mol. The number of carbonyl (C=O) groups excluding carboxylic acids is 1. The summed E-state index contributed by atoms with van der Waals surface area (Å²) in [7, 11) is 0. The van der Waals surface area contributed by atoms with Crippen LogP contribution in [0.25, 0.3) is 11.4 Å². The van der Waals surface area contributed by atoms with Crippen LogP contribution in [0.1, 0.15) is 6.92 Å². The number of benzene rings is 1. The van der Waals surface area contributed by atoms with Gasteiger partial charge in [0, 0.05) is 16.7 Å². The van der Waals surface area contributed by atoms with Gasteiger partial charge in [-0.25, -0.2) is 14.5 Å². The zero-order valence-corrected chi connectivity index (χ0v) is 11.7. The van der Waals surface area contributed by atoms with Crippen LogP contribution < -0.4 is 0 Å². The minimum Gasteiger partial charge on any atom is -0.463 e. The van der Waals surface area contributed by atoms with Crippen LogP contribution in [0.15, 0.2) is 42.7 Å². The van der Waals surface area contributed by atoms with E-state index in [-0.39, 0.29) is 5.97 Å².